The average Bonchev–Trinajstić information content (AvgIpc) is 3.06. The third kappa shape index (κ3) is 30.8. The fourth-order valence-corrected chi connectivity index (χ4v) is 4.92. The molecule has 0 amide bonds. The van der Waals surface area contributed by atoms with E-state index >= 15 is 0 Å². The Balaban J connectivity index is 4.54. The number of hydrogen-bond donors (Lipinski definition) is 0. The first-order valence-corrected chi connectivity index (χ1v) is 19.0. The predicted molar refractivity (Wildman–Crippen MR) is 203 cm³/mol. The maximum atomic E-state index is 12.6. The summed E-state index contributed by atoms with van der Waals surface area (Å²) in [5.74, 6) is -1.83. The molecule has 8 nitrogen and oxygen atoms in total. The highest BCUT2D eigenvalue weighted by Gasteiger charge is 2.25. The van der Waals surface area contributed by atoms with Crippen LogP contribution in [-0.2, 0) is 28.6 Å². The lowest BCUT2D eigenvalue weighted by Gasteiger charge is -2.34. The van der Waals surface area contributed by atoms with Crippen molar-refractivity contribution >= 4 is 17.9 Å². The Bertz CT molecular complexity index is 1050. The van der Waals surface area contributed by atoms with Crippen molar-refractivity contribution in [2.75, 3.05) is 41.0 Å². The van der Waals surface area contributed by atoms with Crippen molar-refractivity contribution in [1.82, 2.24) is 0 Å². The van der Waals surface area contributed by atoms with Gasteiger partial charge in [-0.05, 0) is 77.0 Å². The summed E-state index contributed by atoms with van der Waals surface area (Å²) in [6, 6.07) is -0.738. The van der Waals surface area contributed by atoms with Gasteiger partial charge < -0.3 is 28.6 Å². The lowest BCUT2D eigenvalue weighted by molar-refractivity contribution is -0.889. The number of ether oxygens (including phenoxy) is 3. The van der Waals surface area contributed by atoms with E-state index in [1.807, 2.05) is 0 Å². The number of carboxylic acid groups (broad SMARTS) is 1. The summed E-state index contributed by atoms with van der Waals surface area (Å²) >= 11 is 0. The third-order valence-corrected chi connectivity index (χ3v) is 7.84. The van der Waals surface area contributed by atoms with E-state index in [2.05, 4.69) is 86.8 Å². The summed E-state index contributed by atoms with van der Waals surface area (Å²) in [4.78, 5) is 36.6. The zero-order valence-corrected chi connectivity index (χ0v) is 32.0. The van der Waals surface area contributed by atoms with E-state index < -0.39 is 18.1 Å². The molecule has 0 heterocycles. The Hall–Kier alpha value is -3.23. The van der Waals surface area contributed by atoms with E-state index in [0.29, 0.717) is 12.8 Å². The van der Waals surface area contributed by atoms with Crippen molar-refractivity contribution in [2.24, 2.45) is 0 Å². The van der Waals surface area contributed by atoms with Crippen LogP contribution in [0.15, 0.2) is 72.9 Å². The summed E-state index contributed by atoms with van der Waals surface area (Å²) in [5.41, 5.74) is 0. The van der Waals surface area contributed by atoms with E-state index in [1.165, 1.54) is 0 Å². The van der Waals surface area contributed by atoms with Gasteiger partial charge in [-0.15, -0.1) is 0 Å². The van der Waals surface area contributed by atoms with Crippen LogP contribution >= 0.6 is 0 Å². The standard InChI is InChI=1S/C42H69NO7/c1-6-8-10-12-14-16-18-20-21-23-25-27-29-31-33-41(45)50-38(36-48-35-34-39(42(46)47)43(3,4)5)37-49-40(44)32-30-28-26-24-22-19-17-15-13-11-9-7-2/h8-11,14-17,20-22,24,38-39H,6-7,12-13,18-19,23,25-37H2,1-5H3/b10-8+,11-9+,16-14+,17-15+,21-20+,24-22+. The van der Waals surface area contributed by atoms with Crippen LogP contribution in [0.2, 0.25) is 0 Å². The number of hydrogen-bond acceptors (Lipinski definition) is 7. The molecular weight excluding hydrogens is 630 g/mol. The first-order valence-electron chi connectivity index (χ1n) is 19.0. The van der Waals surface area contributed by atoms with Gasteiger partial charge in [0.15, 0.2) is 6.10 Å². The van der Waals surface area contributed by atoms with E-state index in [-0.39, 0.29) is 49.1 Å². The van der Waals surface area contributed by atoms with Gasteiger partial charge in [0.2, 0.25) is 0 Å². The fraction of sp³-hybridized carbons (Fsp3) is 0.643. The summed E-state index contributed by atoms with van der Waals surface area (Å²) in [6.45, 7) is 4.33. The molecule has 0 fully saturated rings. The van der Waals surface area contributed by atoms with Gasteiger partial charge in [-0.3, -0.25) is 9.59 Å². The van der Waals surface area contributed by atoms with Gasteiger partial charge in [0.25, 0.3) is 0 Å². The van der Waals surface area contributed by atoms with Gasteiger partial charge in [0.05, 0.1) is 40.3 Å². The monoisotopic (exact) mass is 700 g/mol. The van der Waals surface area contributed by atoms with Crippen LogP contribution in [-0.4, -0.2) is 75.5 Å². The van der Waals surface area contributed by atoms with Gasteiger partial charge in [-0.25, -0.2) is 0 Å². The molecule has 8 heteroatoms. The SMILES string of the molecule is CC/C=C/C/C=C/C/C=C/CCCCCCC(=O)OC(COCCC(C(=O)[O-])[N+](C)(C)C)COC(=O)CCCC/C=C/C/C=C/C/C=C/CC. The average molecular weight is 700 g/mol. The molecule has 0 aromatic carbocycles. The minimum absolute atomic E-state index is 0.0149. The number of aliphatic carboxylic acids is 1. The lowest BCUT2D eigenvalue weighted by atomic mass is 10.1. The first kappa shape index (κ1) is 46.8. The number of carbonyl (C=O) groups is 3. The molecule has 2 atom stereocenters. The summed E-state index contributed by atoms with van der Waals surface area (Å²) in [6.07, 6.45) is 39.3. The van der Waals surface area contributed by atoms with Crippen LogP contribution in [0.4, 0.5) is 0 Å². The quantitative estimate of drug-likeness (QED) is 0.0301. The third-order valence-electron chi connectivity index (χ3n) is 7.84. The van der Waals surface area contributed by atoms with Crippen molar-refractivity contribution in [3.8, 4) is 0 Å². The highest BCUT2D eigenvalue weighted by Crippen LogP contribution is 2.11. The number of carboxylic acids is 1. The molecule has 0 radical (unpaired) electrons. The van der Waals surface area contributed by atoms with Crippen LogP contribution in [0.3, 0.4) is 0 Å². The van der Waals surface area contributed by atoms with E-state index in [0.717, 1.165) is 83.5 Å². The Morgan fingerprint density at radius 2 is 1.06 bits per heavy atom. The van der Waals surface area contributed by atoms with Crippen LogP contribution < -0.4 is 5.11 Å². The van der Waals surface area contributed by atoms with Crippen molar-refractivity contribution in [3.05, 3.63) is 72.9 Å². The normalized spacial score (nSPS) is 13.9. The number of allylic oxidation sites excluding steroid dienone is 12. The second-order valence-electron chi connectivity index (χ2n) is 13.4. The zero-order valence-electron chi connectivity index (χ0n) is 32.0. The summed E-state index contributed by atoms with van der Waals surface area (Å²) in [7, 11) is 5.36. The molecule has 284 valence electrons. The van der Waals surface area contributed by atoms with Gasteiger partial charge in [0, 0.05) is 19.3 Å². The molecule has 0 rings (SSSR count). The highest BCUT2D eigenvalue weighted by molar-refractivity contribution is 5.70. The molecule has 0 aliphatic rings. The van der Waals surface area contributed by atoms with Gasteiger partial charge >= 0.3 is 11.9 Å². The largest absolute Gasteiger partial charge is 0.544 e. The molecule has 0 spiro atoms. The van der Waals surface area contributed by atoms with E-state index in [9.17, 15) is 19.5 Å². The van der Waals surface area contributed by atoms with Crippen LogP contribution in [0.25, 0.3) is 0 Å². The molecular formula is C42H69NO7. The number of nitrogens with zero attached hydrogens (tertiary/aromatic N) is 1. The van der Waals surface area contributed by atoms with E-state index in [4.69, 9.17) is 14.2 Å². The number of unbranched alkanes of at least 4 members (excludes halogenated alkanes) is 6. The van der Waals surface area contributed by atoms with Crippen molar-refractivity contribution in [2.45, 2.75) is 135 Å². The second kappa shape index (κ2) is 32.9. The van der Waals surface area contributed by atoms with Gasteiger partial charge in [-0.2, -0.15) is 0 Å². The number of esters is 2. The molecule has 0 aromatic heterocycles. The van der Waals surface area contributed by atoms with Gasteiger partial charge in [-0.1, -0.05) is 99.6 Å². The predicted octanol–water partition coefficient (Wildman–Crippen LogP) is 8.29. The Morgan fingerprint density at radius 3 is 1.58 bits per heavy atom. The number of likely N-dealkylation sites (N-methyl/N-ethyl adjacent to an activating group) is 1. The number of carbonyl (C=O) groups excluding carboxylic acids is 3. The molecule has 50 heavy (non-hydrogen) atoms. The molecule has 0 saturated carbocycles. The molecule has 0 aliphatic heterocycles. The number of quaternary nitrogens is 1. The van der Waals surface area contributed by atoms with Crippen LogP contribution in [0, 0.1) is 0 Å². The van der Waals surface area contributed by atoms with Crippen molar-refractivity contribution in [3.63, 3.8) is 0 Å². The Morgan fingerprint density at radius 1 is 0.600 bits per heavy atom. The highest BCUT2D eigenvalue weighted by atomic mass is 16.6. The van der Waals surface area contributed by atoms with E-state index in [1.54, 1.807) is 21.1 Å². The topological polar surface area (TPSA) is 102 Å². The second-order valence-corrected chi connectivity index (χ2v) is 13.4. The molecule has 0 N–H and O–H groups in total. The van der Waals surface area contributed by atoms with Crippen molar-refractivity contribution in [1.29, 1.82) is 0 Å². The Kier molecular flexibility index (Phi) is 30.8. The minimum atomic E-state index is -1.14. The molecule has 0 saturated heterocycles. The smallest absolute Gasteiger partial charge is 0.306 e. The molecule has 0 aliphatic carbocycles. The maximum Gasteiger partial charge on any atom is 0.306 e. The molecule has 0 aromatic rings. The maximum absolute atomic E-state index is 12.6. The summed E-state index contributed by atoms with van der Waals surface area (Å²) in [5, 5.41) is 11.6. The lowest BCUT2D eigenvalue weighted by Crippen LogP contribution is -2.55. The fourth-order valence-electron chi connectivity index (χ4n) is 4.92. The molecule has 0 bridgehead atoms. The number of rotatable bonds is 32. The summed E-state index contributed by atoms with van der Waals surface area (Å²) < 4.78 is 17.0. The zero-order chi connectivity index (χ0) is 37.1. The van der Waals surface area contributed by atoms with Gasteiger partial charge in [0.1, 0.15) is 12.6 Å². The first-order chi connectivity index (χ1) is 24.1. The van der Waals surface area contributed by atoms with Crippen LogP contribution in [0.1, 0.15) is 123 Å². The van der Waals surface area contributed by atoms with Crippen molar-refractivity contribution < 1.29 is 38.2 Å². The van der Waals surface area contributed by atoms with Crippen LogP contribution in [0.5, 0.6) is 0 Å². The Labute approximate surface area is 304 Å². The molecule has 2 unspecified atom stereocenters. The minimum Gasteiger partial charge on any atom is -0.544 e.